The zero-order valence-electron chi connectivity index (χ0n) is 16.6. The molecule has 1 fully saturated rings. The van der Waals surface area contributed by atoms with E-state index in [1.807, 2.05) is 48.7 Å². The van der Waals surface area contributed by atoms with Gasteiger partial charge in [0.25, 0.3) is 5.91 Å². The molecule has 0 unspecified atom stereocenters. The van der Waals surface area contributed by atoms with Crippen molar-refractivity contribution in [3.05, 3.63) is 84.2 Å². The Morgan fingerprint density at radius 3 is 2.53 bits per heavy atom. The number of aromatic nitrogens is 1. The first-order chi connectivity index (χ1) is 14.7. The topological polar surface area (TPSA) is 62.3 Å². The van der Waals surface area contributed by atoms with Gasteiger partial charge in [-0.05, 0) is 73.0 Å². The first kappa shape index (κ1) is 20.2. The number of nitrogens with one attached hydrogen (secondary N) is 1. The highest BCUT2D eigenvalue weighted by atomic mass is 32.2. The maximum atomic E-state index is 12.6. The molecule has 3 aromatic rings. The van der Waals surface area contributed by atoms with Gasteiger partial charge < -0.3 is 10.2 Å². The van der Waals surface area contributed by atoms with Crippen molar-refractivity contribution in [2.45, 2.75) is 29.9 Å². The molecule has 6 heteroatoms. The highest BCUT2D eigenvalue weighted by Gasteiger charge is 2.19. The first-order valence-corrected chi connectivity index (χ1v) is 11.0. The van der Waals surface area contributed by atoms with E-state index in [0.29, 0.717) is 12.0 Å². The highest BCUT2D eigenvalue weighted by Crippen LogP contribution is 2.25. The van der Waals surface area contributed by atoms with Crippen LogP contribution in [0.25, 0.3) is 0 Å². The predicted octanol–water partition coefficient (Wildman–Crippen LogP) is 5.14. The number of piperidine rings is 1. The van der Waals surface area contributed by atoms with Crippen LogP contribution in [0.2, 0.25) is 0 Å². The number of thioether (sulfide) groups is 1. The minimum absolute atomic E-state index is 0.153. The van der Waals surface area contributed by atoms with Gasteiger partial charge in [0.15, 0.2) is 0 Å². The molecule has 0 saturated carbocycles. The smallest absolute Gasteiger partial charge is 0.255 e. The molecule has 0 spiro atoms. The Hall–Kier alpha value is -3.12. The molecule has 1 saturated heterocycles. The normalized spacial score (nSPS) is 13.9. The van der Waals surface area contributed by atoms with E-state index in [1.54, 1.807) is 35.0 Å². The SMILES string of the molecule is O=C(Nc1ccc(SCc2cccnc2)cc1)c1ccc(N2CCCCC2=O)cc1. The van der Waals surface area contributed by atoms with Crippen LogP contribution in [0.4, 0.5) is 11.4 Å². The van der Waals surface area contributed by atoms with Crippen molar-refractivity contribution >= 4 is 35.0 Å². The molecule has 2 amide bonds. The van der Waals surface area contributed by atoms with E-state index >= 15 is 0 Å². The molecular weight excluding hydrogens is 394 g/mol. The van der Waals surface area contributed by atoms with Crippen molar-refractivity contribution in [2.24, 2.45) is 0 Å². The largest absolute Gasteiger partial charge is 0.322 e. The van der Waals surface area contributed by atoms with Crippen LogP contribution in [-0.2, 0) is 10.5 Å². The van der Waals surface area contributed by atoms with E-state index in [0.717, 1.165) is 41.4 Å². The van der Waals surface area contributed by atoms with Gasteiger partial charge >= 0.3 is 0 Å². The number of benzene rings is 2. The average Bonchev–Trinajstić information content (AvgIpc) is 2.80. The molecule has 30 heavy (non-hydrogen) atoms. The van der Waals surface area contributed by atoms with E-state index in [9.17, 15) is 9.59 Å². The Morgan fingerprint density at radius 2 is 1.83 bits per heavy atom. The van der Waals surface area contributed by atoms with Crippen molar-refractivity contribution < 1.29 is 9.59 Å². The Labute approximate surface area is 180 Å². The molecule has 2 heterocycles. The third kappa shape index (κ3) is 5.07. The van der Waals surface area contributed by atoms with E-state index in [4.69, 9.17) is 0 Å². The van der Waals surface area contributed by atoms with Crippen LogP contribution >= 0.6 is 11.8 Å². The summed E-state index contributed by atoms with van der Waals surface area (Å²) >= 11 is 1.73. The number of nitrogens with zero attached hydrogens (tertiary/aromatic N) is 2. The van der Waals surface area contributed by atoms with Crippen LogP contribution in [0.5, 0.6) is 0 Å². The lowest BCUT2D eigenvalue weighted by Gasteiger charge is -2.26. The lowest BCUT2D eigenvalue weighted by molar-refractivity contribution is -0.119. The van der Waals surface area contributed by atoms with Crippen LogP contribution in [0.3, 0.4) is 0 Å². The number of hydrogen-bond donors (Lipinski definition) is 1. The molecule has 152 valence electrons. The second kappa shape index (κ2) is 9.59. The number of carbonyl (C=O) groups is 2. The lowest BCUT2D eigenvalue weighted by atomic mass is 10.1. The van der Waals surface area contributed by atoms with Gasteiger partial charge in [0.1, 0.15) is 0 Å². The van der Waals surface area contributed by atoms with E-state index < -0.39 is 0 Å². The predicted molar refractivity (Wildman–Crippen MR) is 121 cm³/mol. The van der Waals surface area contributed by atoms with Crippen molar-refractivity contribution in [2.75, 3.05) is 16.8 Å². The van der Waals surface area contributed by atoms with Crippen LogP contribution in [0, 0.1) is 0 Å². The van der Waals surface area contributed by atoms with Gasteiger partial charge in [-0.15, -0.1) is 11.8 Å². The number of rotatable bonds is 6. The quantitative estimate of drug-likeness (QED) is 0.564. The zero-order valence-corrected chi connectivity index (χ0v) is 17.4. The van der Waals surface area contributed by atoms with E-state index in [1.165, 1.54) is 5.56 Å². The molecule has 4 rings (SSSR count). The van der Waals surface area contributed by atoms with Gasteiger partial charge in [-0.3, -0.25) is 14.6 Å². The minimum Gasteiger partial charge on any atom is -0.322 e. The first-order valence-electron chi connectivity index (χ1n) is 10.0. The number of pyridine rings is 1. The van der Waals surface area contributed by atoms with Crippen LogP contribution in [0.15, 0.2) is 78.0 Å². The van der Waals surface area contributed by atoms with Gasteiger partial charge in [-0.2, -0.15) is 0 Å². The second-order valence-electron chi connectivity index (χ2n) is 7.18. The zero-order chi connectivity index (χ0) is 20.8. The summed E-state index contributed by atoms with van der Waals surface area (Å²) < 4.78 is 0. The third-order valence-electron chi connectivity index (χ3n) is 5.01. The molecule has 1 aromatic heterocycles. The van der Waals surface area contributed by atoms with Gasteiger partial charge in [-0.1, -0.05) is 6.07 Å². The molecule has 1 N–H and O–H groups in total. The van der Waals surface area contributed by atoms with Gasteiger partial charge in [-0.25, -0.2) is 0 Å². The summed E-state index contributed by atoms with van der Waals surface area (Å²) in [7, 11) is 0. The summed E-state index contributed by atoms with van der Waals surface area (Å²) in [5, 5.41) is 2.93. The molecule has 0 radical (unpaired) electrons. The van der Waals surface area contributed by atoms with E-state index in [-0.39, 0.29) is 11.8 Å². The molecular formula is C24H23N3O2S. The maximum absolute atomic E-state index is 12.6. The number of amides is 2. The standard InChI is InChI=1S/C24H23N3O2S/c28-23-5-1-2-15-27(23)21-10-6-19(7-11-21)24(29)26-20-8-12-22(13-9-20)30-17-18-4-3-14-25-16-18/h3-4,6-14,16H,1-2,5,15,17H2,(H,26,29). The third-order valence-corrected chi connectivity index (χ3v) is 6.09. The number of carbonyl (C=O) groups excluding carboxylic acids is 2. The van der Waals surface area contributed by atoms with Crippen LogP contribution in [0.1, 0.15) is 35.2 Å². The molecule has 2 aromatic carbocycles. The Bertz CT molecular complexity index is 1000. The molecule has 0 atom stereocenters. The summed E-state index contributed by atoms with van der Waals surface area (Å²) in [6, 6.07) is 19.0. The van der Waals surface area contributed by atoms with Crippen LogP contribution in [-0.4, -0.2) is 23.3 Å². The Balaban J connectivity index is 1.33. The second-order valence-corrected chi connectivity index (χ2v) is 8.23. The fourth-order valence-corrected chi connectivity index (χ4v) is 4.19. The van der Waals surface area contributed by atoms with Gasteiger partial charge in [0, 0.05) is 52.9 Å². The van der Waals surface area contributed by atoms with Crippen molar-refractivity contribution in [1.29, 1.82) is 0 Å². The molecule has 0 bridgehead atoms. The summed E-state index contributed by atoms with van der Waals surface area (Å²) in [6.45, 7) is 0.746. The molecule has 1 aliphatic heterocycles. The molecule has 5 nitrogen and oxygen atoms in total. The summed E-state index contributed by atoms with van der Waals surface area (Å²) in [6.07, 6.45) is 6.21. The van der Waals surface area contributed by atoms with Crippen molar-refractivity contribution in [3.63, 3.8) is 0 Å². The lowest BCUT2D eigenvalue weighted by Crippen LogP contribution is -2.35. The fraction of sp³-hybridized carbons (Fsp3) is 0.208. The maximum Gasteiger partial charge on any atom is 0.255 e. The number of hydrogen-bond acceptors (Lipinski definition) is 4. The Kier molecular flexibility index (Phi) is 6.44. The van der Waals surface area contributed by atoms with Crippen molar-refractivity contribution in [3.8, 4) is 0 Å². The highest BCUT2D eigenvalue weighted by molar-refractivity contribution is 7.98. The van der Waals surface area contributed by atoms with Crippen LogP contribution < -0.4 is 10.2 Å². The monoisotopic (exact) mass is 417 g/mol. The molecule has 1 aliphatic rings. The summed E-state index contributed by atoms with van der Waals surface area (Å²) in [5.74, 6) is 0.841. The summed E-state index contributed by atoms with van der Waals surface area (Å²) in [5.41, 5.74) is 3.35. The van der Waals surface area contributed by atoms with Gasteiger partial charge in [0.05, 0.1) is 0 Å². The van der Waals surface area contributed by atoms with E-state index in [2.05, 4.69) is 16.4 Å². The fourth-order valence-electron chi connectivity index (χ4n) is 3.36. The Morgan fingerprint density at radius 1 is 1.03 bits per heavy atom. The average molecular weight is 418 g/mol. The number of anilines is 2. The van der Waals surface area contributed by atoms with Gasteiger partial charge in [0.2, 0.25) is 5.91 Å². The van der Waals surface area contributed by atoms with Crippen molar-refractivity contribution in [1.82, 2.24) is 4.98 Å². The molecule has 0 aliphatic carbocycles. The minimum atomic E-state index is -0.165. The summed E-state index contributed by atoms with van der Waals surface area (Å²) in [4.78, 5) is 31.7.